The fourth-order valence-corrected chi connectivity index (χ4v) is 4.39. The minimum absolute atomic E-state index is 0.900. The van der Waals surface area contributed by atoms with Crippen LogP contribution in [0.2, 0.25) is 0 Å². The Morgan fingerprint density at radius 1 is 0.548 bits per heavy atom. The summed E-state index contributed by atoms with van der Waals surface area (Å²) in [6.07, 6.45) is 0. The molecular weight excluding hydrogens is 378 g/mol. The minimum atomic E-state index is 0.900. The molecule has 0 atom stereocenters. The predicted molar refractivity (Wildman–Crippen MR) is 131 cm³/mol. The molecule has 0 aliphatic rings. The molecule has 2 nitrogen and oxygen atoms in total. The molecule has 5 aromatic carbocycles. The van der Waals surface area contributed by atoms with Gasteiger partial charge in [-0.3, -0.25) is 0 Å². The zero-order valence-electron chi connectivity index (χ0n) is 17.2. The van der Waals surface area contributed by atoms with Gasteiger partial charge in [0.15, 0.2) is 0 Å². The summed E-state index contributed by atoms with van der Waals surface area (Å²) in [4.78, 5) is 2.27. The summed E-state index contributed by atoms with van der Waals surface area (Å²) in [5, 5.41) is 4.78. The van der Waals surface area contributed by atoms with E-state index in [1.165, 1.54) is 21.7 Å². The Kier molecular flexibility index (Phi) is 4.03. The summed E-state index contributed by atoms with van der Waals surface area (Å²) in [6, 6.07) is 38.3. The number of anilines is 3. The number of benzene rings is 5. The van der Waals surface area contributed by atoms with Gasteiger partial charge in [0.05, 0.1) is 0 Å². The second-order valence-corrected chi connectivity index (χ2v) is 7.95. The summed E-state index contributed by atoms with van der Waals surface area (Å²) in [6.45, 7) is 2.11. The fraction of sp³-hybridized carbons (Fsp3) is 0.0345. The highest BCUT2D eigenvalue weighted by Gasteiger charge is 2.16. The van der Waals surface area contributed by atoms with Crippen molar-refractivity contribution in [1.29, 1.82) is 0 Å². The number of hydrogen-bond acceptors (Lipinski definition) is 2. The lowest BCUT2D eigenvalue weighted by atomic mass is 10.0. The molecular formula is C29H21NO. The molecule has 0 N–H and O–H groups in total. The van der Waals surface area contributed by atoms with Gasteiger partial charge >= 0.3 is 0 Å². The zero-order valence-corrected chi connectivity index (χ0v) is 17.2. The number of hydrogen-bond donors (Lipinski definition) is 0. The lowest BCUT2D eigenvalue weighted by molar-refractivity contribution is 0.669. The first-order valence-electron chi connectivity index (χ1n) is 10.5. The number of furan rings is 1. The molecule has 0 unspecified atom stereocenters. The van der Waals surface area contributed by atoms with Crippen molar-refractivity contribution in [2.45, 2.75) is 6.92 Å². The van der Waals surface area contributed by atoms with Crippen LogP contribution in [0.25, 0.3) is 32.7 Å². The summed E-state index contributed by atoms with van der Waals surface area (Å²) < 4.78 is 6.32. The van der Waals surface area contributed by atoms with Gasteiger partial charge in [0, 0.05) is 33.9 Å². The van der Waals surface area contributed by atoms with Crippen molar-refractivity contribution in [3.63, 3.8) is 0 Å². The van der Waals surface area contributed by atoms with Gasteiger partial charge in [0.25, 0.3) is 0 Å². The first-order valence-corrected chi connectivity index (χ1v) is 10.5. The molecule has 1 aromatic heterocycles. The lowest BCUT2D eigenvalue weighted by Crippen LogP contribution is -2.09. The lowest BCUT2D eigenvalue weighted by Gasteiger charge is -2.25. The van der Waals surface area contributed by atoms with Crippen LogP contribution in [-0.2, 0) is 0 Å². The van der Waals surface area contributed by atoms with Crippen LogP contribution in [0.4, 0.5) is 17.1 Å². The standard InChI is InChI=1S/C29H21NO/c1-20-11-14-23(15-12-20)30(22-8-3-2-4-9-22)24-16-17-26-28(19-24)31-27-18-13-21-7-5-6-10-25(21)29(26)27/h2-19H,1H3. The van der Waals surface area contributed by atoms with Gasteiger partial charge in [-0.15, -0.1) is 0 Å². The van der Waals surface area contributed by atoms with E-state index in [1.807, 2.05) is 6.07 Å². The van der Waals surface area contributed by atoms with Gasteiger partial charge in [-0.25, -0.2) is 0 Å². The van der Waals surface area contributed by atoms with Crippen molar-refractivity contribution in [3.8, 4) is 0 Å². The quantitative estimate of drug-likeness (QED) is 0.296. The van der Waals surface area contributed by atoms with Crippen molar-refractivity contribution in [2.24, 2.45) is 0 Å². The predicted octanol–water partition coefficient (Wildman–Crippen LogP) is 8.52. The molecule has 0 radical (unpaired) electrons. The van der Waals surface area contributed by atoms with E-state index in [-0.39, 0.29) is 0 Å². The summed E-state index contributed by atoms with van der Waals surface area (Å²) in [5.41, 5.74) is 6.39. The highest BCUT2D eigenvalue weighted by Crippen LogP contribution is 2.40. The first-order chi connectivity index (χ1) is 15.3. The Morgan fingerprint density at radius 2 is 1.26 bits per heavy atom. The van der Waals surface area contributed by atoms with E-state index >= 15 is 0 Å². The first kappa shape index (κ1) is 17.8. The zero-order chi connectivity index (χ0) is 20.8. The van der Waals surface area contributed by atoms with Crippen LogP contribution in [0.3, 0.4) is 0 Å². The van der Waals surface area contributed by atoms with E-state index in [0.717, 1.165) is 33.6 Å². The second-order valence-electron chi connectivity index (χ2n) is 7.95. The molecule has 0 fully saturated rings. The van der Waals surface area contributed by atoms with Crippen LogP contribution in [0.15, 0.2) is 114 Å². The normalized spacial score (nSPS) is 11.4. The molecule has 1 heterocycles. The molecule has 0 aliphatic carbocycles. The van der Waals surface area contributed by atoms with E-state index in [9.17, 15) is 0 Å². The molecule has 2 heteroatoms. The Hall–Kier alpha value is -4.04. The Morgan fingerprint density at radius 3 is 2.10 bits per heavy atom. The van der Waals surface area contributed by atoms with Crippen molar-refractivity contribution in [3.05, 3.63) is 115 Å². The van der Waals surface area contributed by atoms with Gasteiger partial charge in [0.1, 0.15) is 11.2 Å². The maximum absolute atomic E-state index is 6.32. The van der Waals surface area contributed by atoms with E-state index in [1.54, 1.807) is 0 Å². The topological polar surface area (TPSA) is 16.4 Å². The maximum atomic E-state index is 6.32. The van der Waals surface area contributed by atoms with Crippen molar-refractivity contribution in [2.75, 3.05) is 4.90 Å². The number of fused-ring (bicyclic) bond motifs is 5. The third kappa shape index (κ3) is 2.96. The second kappa shape index (κ2) is 7.03. The molecule has 6 aromatic rings. The maximum Gasteiger partial charge on any atom is 0.137 e. The van der Waals surface area contributed by atoms with Crippen LogP contribution in [0, 0.1) is 6.92 Å². The van der Waals surface area contributed by atoms with Crippen molar-refractivity contribution in [1.82, 2.24) is 0 Å². The highest BCUT2D eigenvalue weighted by atomic mass is 16.3. The van der Waals surface area contributed by atoms with E-state index in [4.69, 9.17) is 4.42 Å². The number of rotatable bonds is 3. The molecule has 0 amide bonds. The minimum Gasteiger partial charge on any atom is -0.456 e. The van der Waals surface area contributed by atoms with Crippen molar-refractivity contribution < 1.29 is 4.42 Å². The van der Waals surface area contributed by atoms with Crippen LogP contribution in [0.1, 0.15) is 5.56 Å². The molecule has 0 saturated carbocycles. The molecule has 0 aliphatic heterocycles. The van der Waals surface area contributed by atoms with Crippen LogP contribution in [-0.4, -0.2) is 0 Å². The van der Waals surface area contributed by atoms with Crippen LogP contribution >= 0.6 is 0 Å². The van der Waals surface area contributed by atoms with E-state index in [2.05, 4.69) is 115 Å². The fourth-order valence-electron chi connectivity index (χ4n) is 4.39. The monoisotopic (exact) mass is 399 g/mol. The van der Waals surface area contributed by atoms with Crippen LogP contribution < -0.4 is 4.90 Å². The van der Waals surface area contributed by atoms with Gasteiger partial charge in [-0.2, -0.15) is 0 Å². The smallest absolute Gasteiger partial charge is 0.137 e. The van der Waals surface area contributed by atoms with Gasteiger partial charge in [-0.1, -0.05) is 66.2 Å². The number of aryl methyl sites for hydroxylation is 1. The van der Waals surface area contributed by atoms with Crippen molar-refractivity contribution >= 4 is 49.8 Å². The largest absolute Gasteiger partial charge is 0.456 e. The molecule has 6 rings (SSSR count). The molecule has 148 valence electrons. The number of para-hydroxylation sites is 1. The Labute approximate surface area is 181 Å². The summed E-state index contributed by atoms with van der Waals surface area (Å²) >= 11 is 0. The molecule has 0 bridgehead atoms. The van der Waals surface area contributed by atoms with Gasteiger partial charge < -0.3 is 9.32 Å². The summed E-state index contributed by atoms with van der Waals surface area (Å²) in [5.74, 6) is 0. The Bertz CT molecular complexity index is 1530. The average molecular weight is 399 g/mol. The third-order valence-electron chi connectivity index (χ3n) is 5.91. The third-order valence-corrected chi connectivity index (χ3v) is 5.91. The van der Waals surface area contributed by atoms with Gasteiger partial charge in [-0.05, 0) is 60.2 Å². The Balaban J connectivity index is 1.58. The van der Waals surface area contributed by atoms with Gasteiger partial charge in [0.2, 0.25) is 0 Å². The average Bonchev–Trinajstić information content (AvgIpc) is 3.20. The van der Waals surface area contributed by atoms with E-state index in [0.29, 0.717) is 0 Å². The molecule has 0 saturated heterocycles. The number of nitrogens with zero attached hydrogens (tertiary/aromatic N) is 1. The van der Waals surface area contributed by atoms with E-state index < -0.39 is 0 Å². The van der Waals surface area contributed by atoms with Crippen LogP contribution in [0.5, 0.6) is 0 Å². The summed E-state index contributed by atoms with van der Waals surface area (Å²) in [7, 11) is 0. The molecule has 31 heavy (non-hydrogen) atoms. The highest BCUT2D eigenvalue weighted by molar-refractivity contribution is 6.19. The molecule has 0 spiro atoms. The SMILES string of the molecule is Cc1ccc(N(c2ccccc2)c2ccc3c(c2)oc2ccc4ccccc4c23)cc1.